The smallest absolute Gasteiger partial charge is 0.171 e. The van der Waals surface area contributed by atoms with Crippen molar-refractivity contribution in [1.82, 2.24) is 0 Å². The number of benzene rings is 3. The normalized spacial score (nSPS) is 14.4. The molecule has 2 aliphatic carbocycles. The summed E-state index contributed by atoms with van der Waals surface area (Å²) in [6.45, 7) is 25.2. The Balaban J connectivity index is 0. The fraction of sp³-hybridized carbons (Fsp3) is 0.385. The van der Waals surface area contributed by atoms with Crippen molar-refractivity contribution in [3.8, 4) is 11.1 Å². The molecule has 0 saturated carbocycles. The van der Waals surface area contributed by atoms with Crippen molar-refractivity contribution in [2.24, 2.45) is 5.92 Å². The molecule has 0 spiro atoms. The van der Waals surface area contributed by atoms with Gasteiger partial charge in [-0.2, -0.15) is 71.8 Å². The molecule has 0 amide bonds. The molecule has 0 radical (unpaired) electrons. The maximum absolute atomic E-state index is 3.53. The fourth-order valence-electron chi connectivity index (χ4n) is 4.98. The first-order valence-electron chi connectivity index (χ1n) is 14.4. The molecule has 1 unspecified atom stereocenters. The van der Waals surface area contributed by atoms with E-state index in [0.717, 1.165) is 6.42 Å². The largest absolute Gasteiger partial charge is 0.358 e. The van der Waals surface area contributed by atoms with Gasteiger partial charge in [-0.15, -0.1) is 30.4 Å². The van der Waals surface area contributed by atoms with Gasteiger partial charge in [-0.05, 0) is 25.5 Å². The molecule has 0 saturated heterocycles. The van der Waals surface area contributed by atoms with E-state index >= 15 is 0 Å². The van der Waals surface area contributed by atoms with Crippen LogP contribution in [-0.2, 0) is 41.5 Å². The molecule has 3 aromatic carbocycles. The summed E-state index contributed by atoms with van der Waals surface area (Å²) >= 11 is 1.30. The molecule has 0 heterocycles. The molecule has 236 valence electrons. The number of halogens is 2. The Hall–Kier alpha value is -1.31. The number of allylic oxidation sites excluding steroid dienone is 4. The van der Waals surface area contributed by atoms with Crippen LogP contribution in [0.1, 0.15) is 77.6 Å². The predicted octanol–water partition coefficient (Wildman–Crippen LogP) is 11.6. The van der Waals surface area contributed by atoms with Crippen molar-refractivity contribution in [3.05, 3.63) is 125 Å². The van der Waals surface area contributed by atoms with Gasteiger partial charge < -0.3 is 7.43 Å². The summed E-state index contributed by atoms with van der Waals surface area (Å²) in [5.41, 5.74) is 10.2. The molecule has 0 fully saturated rings. The molecule has 43 heavy (non-hydrogen) atoms. The zero-order chi connectivity index (χ0) is 30.3. The van der Waals surface area contributed by atoms with E-state index in [4.69, 9.17) is 0 Å². The monoisotopic (exact) mass is 710 g/mol. The van der Waals surface area contributed by atoms with E-state index in [1.807, 2.05) is 30.3 Å². The van der Waals surface area contributed by atoms with Gasteiger partial charge in [0.05, 0.1) is 0 Å². The number of hydrogen-bond donors (Lipinski definition) is 0. The fourth-order valence-corrected chi connectivity index (χ4v) is 6.92. The molecule has 1 atom stereocenters. The van der Waals surface area contributed by atoms with Gasteiger partial charge in [0.15, 0.2) is 0 Å². The van der Waals surface area contributed by atoms with Crippen LogP contribution in [0.15, 0.2) is 77.5 Å². The van der Waals surface area contributed by atoms with Gasteiger partial charge in [0.2, 0.25) is 0 Å². The first kappa shape index (κ1) is 43.8. The van der Waals surface area contributed by atoms with Crippen LogP contribution in [0.4, 0.5) is 0 Å². The van der Waals surface area contributed by atoms with Crippen LogP contribution in [-0.4, -0.2) is 12.3 Å². The summed E-state index contributed by atoms with van der Waals surface area (Å²) < 4.78 is 3.34. The van der Waals surface area contributed by atoms with Crippen LogP contribution in [0, 0.1) is 31.6 Å². The quantitative estimate of drug-likeness (QED) is 0.136. The van der Waals surface area contributed by atoms with Gasteiger partial charge in [-0.3, -0.25) is 6.08 Å². The van der Waals surface area contributed by atoms with Crippen LogP contribution in [0.25, 0.3) is 11.1 Å². The Kier molecular flexibility index (Phi) is 19.0. The average molecular weight is 713 g/mol. The minimum Gasteiger partial charge on any atom is -0.358 e. The van der Waals surface area contributed by atoms with Gasteiger partial charge in [0.1, 0.15) is 0 Å². The van der Waals surface area contributed by atoms with Gasteiger partial charge in [-0.1, -0.05) is 116 Å². The molecular formula is C39H54Cl2SiZr-4. The summed E-state index contributed by atoms with van der Waals surface area (Å²) in [4.78, 5) is 0. The third-order valence-corrected chi connectivity index (χ3v) is 9.36. The van der Waals surface area contributed by atoms with Crippen LogP contribution >= 0.6 is 24.8 Å². The summed E-state index contributed by atoms with van der Waals surface area (Å²) in [7, 11) is -1.07. The van der Waals surface area contributed by atoms with E-state index in [1.54, 1.807) is 5.20 Å². The Morgan fingerprint density at radius 1 is 0.837 bits per heavy atom. The predicted molar refractivity (Wildman–Crippen MR) is 197 cm³/mol. The molecule has 4 heteroatoms. The van der Waals surface area contributed by atoms with Crippen molar-refractivity contribution in [2.75, 3.05) is 0 Å². The van der Waals surface area contributed by atoms with E-state index in [-0.39, 0.29) is 43.1 Å². The summed E-state index contributed by atoms with van der Waals surface area (Å²) in [6.07, 6.45) is 6.84. The summed E-state index contributed by atoms with van der Waals surface area (Å²) in [5, 5.41) is 1.60. The molecular weight excluding hydrogens is 659 g/mol. The summed E-state index contributed by atoms with van der Waals surface area (Å²) in [5.74, 6) is 0.553. The second-order valence-electron chi connectivity index (χ2n) is 13.8. The average Bonchev–Trinajstić information content (AvgIpc) is 3.44. The molecule has 0 N–H and O–H groups in total. The Labute approximate surface area is 294 Å². The minimum atomic E-state index is -1.07. The second kappa shape index (κ2) is 18.6. The first-order valence-corrected chi connectivity index (χ1v) is 19.6. The van der Waals surface area contributed by atoms with Crippen molar-refractivity contribution in [3.63, 3.8) is 0 Å². The van der Waals surface area contributed by atoms with Crippen LogP contribution in [0.2, 0.25) is 19.6 Å². The molecule has 5 rings (SSSR count). The van der Waals surface area contributed by atoms with Crippen molar-refractivity contribution in [1.29, 1.82) is 0 Å². The van der Waals surface area contributed by atoms with E-state index in [2.05, 4.69) is 134 Å². The van der Waals surface area contributed by atoms with Crippen molar-refractivity contribution in [2.45, 2.75) is 92.3 Å². The first-order chi connectivity index (χ1) is 18.6. The van der Waals surface area contributed by atoms with Crippen LogP contribution < -0.4 is 0 Å². The molecule has 0 aromatic heterocycles. The molecule has 2 aliphatic rings. The third kappa shape index (κ3) is 12.9. The Morgan fingerprint density at radius 2 is 1.37 bits per heavy atom. The maximum Gasteiger partial charge on any atom is -0.171 e. The maximum atomic E-state index is 3.53. The van der Waals surface area contributed by atoms with Gasteiger partial charge >= 0.3 is 28.4 Å². The third-order valence-electron chi connectivity index (χ3n) is 7.21. The zero-order valence-electron chi connectivity index (χ0n) is 28.7. The Bertz CT molecular complexity index is 1230. The molecule has 0 aliphatic heterocycles. The van der Waals surface area contributed by atoms with Gasteiger partial charge in [0.25, 0.3) is 0 Å². The van der Waals surface area contributed by atoms with E-state index in [1.165, 1.54) is 63.2 Å². The zero-order valence-corrected chi connectivity index (χ0v) is 33.7. The molecule has 3 aromatic rings. The Morgan fingerprint density at radius 3 is 1.74 bits per heavy atom. The van der Waals surface area contributed by atoms with Crippen molar-refractivity contribution >= 4 is 37.1 Å². The summed E-state index contributed by atoms with van der Waals surface area (Å²) in [6, 6.07) is 27.6. The van der Waals surface area contributed by atoms with Crippen molar-refractivity contribution < 1.29 is 24.2 Å². The van der Waals surface area contributed by atoms with Gasteiger partial charge in [-0.25, -0.2) is 10.8 Å². The number of hydrogen-bond acceptors (Lipinski definition) is 0. The SMILES string of the molecule is CC(C)(C)c1c[c-]c2c(c1)-c1cc(C(C)(C)C)ccc1C2.CC1=[C-]C(C)C=C1[Si](C)(C)C.Cl.Cl.[CH2]=[Zr].[CH3-].[c-]1ccccc1. The van der Waals surface area contributed by atoms with E-state index in [9.17, 15) is 0 Å². The standard InChI is InChI=1S/C21H25.C10H17Si.C6H5.CH3.CH2.2ClH.Zr/c1-20(2,3)16-9-7-14-11-15-8-10-17(21(4,5)6)13-19(15)18(14)12-16;1-8-6-9(2)10(7-8)11(3,4)5;1-2-4-6-5-3-1;;;;;/h7,9-10,12-13H,11H2,1-6H3;7-8H,1-5H3;1-5H;1H3;1H2;2*1H;/q4*-1;;;;. The number of rotatable bonds is 1. The van der Waals surface area contributed by atoms with Gasteiger partial charge in [0, 0.05) is 0 Å². The molecule has 0 bridgehead atoms. The van der Waals surface area contributed by atoms with E-state index in [0.29, 0.717) is 5.92 Å². The molecule has 0 nitrogen and oxygen atoms in total. The minimum absolute atomic E-state index is 0. The topological polar surface area (TPSA) is 0 Å². The number of fused-ring (bicyclic) bond motifs is 3. The van der Waals surface area contributed by atoms with Crippen LogP contribution in [0.5, 0.6) is 0 Å². The van der Waals surface area contributed by atoms with E-state index < -0.39 is 8.07 Å². The van der Waals surface area contributed by atoms with Crippen LogP contribution in [0.3, 0.4) is 0 Å². The second-order valence-corrected chi connectivity index (χ2v) is 18.8.